The first-order valence-electron chi connectivity index (χ1n) is 7.01. The fourth-order valence-corrected chi connectivity index (χ4v) is 2.59. The van der Waals surface area contributed by atoms with Gasteiger partial charge in [0.2, 0.25) is 0 Å². The molecule has 1 atom stereocenters. The Kier molecular flexibility index (Phi) is 4.97. The first kappa shape index (κ1) is 15.5. The van der Waals surface area contributed by atoms with Gasteiger partial charge in [0.05, 0.1) is 22.3 Å². The molecule has 4 heteroatoms. The molecule has 0 bridgehead atoms. The van der Waals surface area contributed by atoms with E-state index in [0.29, 0.717) is 10.6 Å². The second-order valence-electron chi connectivity index (χ2n) is 5.12. The van der Waals surface area contributed by atoms with E-state index in [1.54, 1.807) is 12.3 Å². The maximum atomic E-state index is 12.5. The lowest BCUT2D eigenvalue weighted by Gasteiger charge is -2.18. The zero-order chi connectivity index (χ0) is 15.4. The summed E-state index contributed by atoms with van der Waals surface area (Å²) >= 11 is 6.15. The van der Waals surface area contributed by atoms with Crippen molar-refractivity contribution < 1.29 is 4.79 Å². The Morgan fingerprint density at radius 2 is 2.10 bits per heavy atom. The molecule has 0 aliphatic heterocycles. The van der Waals surface area contributed by atoms with Crippen molar-refractivity contribution in [2.24, 2.45) is 0 Å². The third-order valence-corrected chi connectivity index (χ3v) is 3.77. The van der Waals surface area contributed by atoms with Gasteiger partial charge in [-0.1, -0.05) is 30.7 Å². The highest BCUT2D eigenvalue weighted by Gasteiger charge is 2.18. The second kappa shape index (κ2) is 6.72. The summed E-state index contributed by atoms with van der Waals surface area (Å²) in [6, 6.07) is 9.27. The van der Waals surface area contributed by atoms with Crippen LogP contribution in [0.4, 0.5) is 0 Å². The van der Waals surface area contributed by atoms with Crippen molar-refractivity contribution in [3.63, 3.8) is 0 Å². The van der Waals surface area contributed by atoms with Crippen LogP contribution in [-0.2, 0) is 0 Å². The zero-order valence-electron chi connectivity index (χ0n) is 12.5. The molecule has 1 amide bonds. The summed E-state index contributed by atoms with van der Waals surface area (Å²) in [5.74, 6) is -0.159. The van der Waals surface area contributed by atoms with Crippen LogP contribution in [0, 0.1) is 13.8 Å². The summed E-state index contributed by atoms with van der Waals surface area (Å²) in [7, 11) is 0. The van der Waals surface area contributed by atoms with Crippen molar-refractivity contribution in [1.82, 2.24) is 10.3 Å². The molecule has 0 saturated carbocycles. The number of nitrogens with one attached hydrogen (secondary N) is 1. The Bertz CT molecular complexity index is 635. The van der Waals surface area contributed by atoms with E-state index in [4.69, 9.17) is 11.6 Å². The number of benzene rings is 1. The fraction of sp³-hybridized carbons (Fsp3) is 0.294. The molecule has 0 radical (unpaired) electrons. The summed E-state index contributed by atoms with van der Waals surface area (Å²) in [6.07, 6.45) is 2.53. The number of pyridine rings is 1. The lowest BCUT2D eigenvalue weighted by molar-refractivity contribution is 0.0934. The SMILES string of the molecule is CC[C@H](NC(=O)c1c(C)cccc1Cl)c1cc(C)ccn1. The molecule has 1 heterocycles. The average Bonchev–Trinajstić information content (AvgIpc) is 2.44. The third-order valence-electron chi connectivity index (χ3n) is 3.46. The number of aryl methyl sites for hydroxylation is 2. The lowest BCUT2D eigenvalue weighted by Crippen LogP contribution is -2.29. The Morgan fingerprint density at radius 3 is 2.71 bits per heavy atom. The third kappa shape index (κ3) is 3.61. The van der Waals surface area contributed by atoms with Crippen LogP contribution in [0.15, 0.2) is 36.5 Å². The van der Waals surface area contributed by atoms with Crippen LogP contribution in [0.25, 0.3) is 0 Å². The number of halogens is 1. The summed E-state index contributed by atoms with van der Waals surface area (Å²) in [5.41, 5.74) is 3.40. The van der Waals surface area contributed by atoms with E-state index in [2.05, 4.69) is 10.3 Å². The maximum Gasteiger partial charge on any atom is 0.253 e. The van der Waals surface area contributed by atoms with E-state index >= 15 is 0 Å². The summed E-state index contributed by atoms with van der Waals surface area (Å²) in [6.45, 7) is 5.92. The van der Waals surface area contributed by atoms with Gasteiger partial charge in [-0.05, 0) is 49.6 Å². The van der Waals surface area contributed by atoms with E-state index in [-0.39, 0.29) is 11.9 Å². The zero-order valence-corrected chi connectivity index (χ0v) is 13.2. The summed E-state index contributed by atoms with van der Waals surface area (Å²) in [5, 5.41) is 3.49. The molecule has 1 aromatic heterocycles. The second-order valence-corrected chi connectivity index (χ2v) is 5.53. The highest BCUT2D eigenvalue weighted by atomic mass is 35.5. The highest BCUT2D eigenvalue weighted by molar-refractivity contribution is 6.34. The van der Waals surface area contributed by atoms with E-state index in [9.17, 15) is 4.79 Å². The maximum absolute atomic E-state index is 12.5. The Morgan fingerprint density at radius 1 is 1.33 bits per heavy atom. The first-order valence-corrected chi connectivity index (χ1v) is 7.39. The standard InChI is InChI=1S/C17H19ClN2O/c1-4-14(15-10-11(2)8-9-19-15)20-17(21)16-12(3)6-5-7-13(16)18/h5-10,14H,4H2,1-3H3,(H,20,21)/t14-/m0/s1. The van der Waals surface area contributed by atoms with Gasteiger partial charge >= 0.3 is 0 Å². The van der Waals surface area contributed by atoms with Gasteiger partial charge in [0.1, 0.15) is 0 Å². The van der Waals surface area contributed by atoms with Crippen LogP contribution in [0.3, 0.4) is 0 Å². The number of carbonyl (C=O) groups is 1. The number of aromatic nitrogens is 1. The topological polar surface area (TPSA) is 42.0 Å². The predicted octanol–water partition coefficient (Wildman–Crippen LogP) is 4.23. The van der Waals surface area contributed by atoms with Gasteiger partial charge in [0.15, 0.2) is 0 Å². The largest absolute Gasteiger partial charge is 0.344 e. The molecule has 1 aromatic carbocycles. The number of carbonyl (C=O) groups excluding carboxylic acids is 1. The summed E-state index contributed by atoms with van der Waals surface area (Å²) < 4.78 is 0. The quantitative estimate of drug-likeness (QED) is 0.918. The fourth-order valence-electron chi connectivity index (χ4n) is 2.29. The molecule has 0 aliphatic carbocycles. The lowest BCUT2D eigenvalue weighted by atomic mass is 10.1. The summed E-state index contributed by atoms with van der Waals surface area (Å²) in [4.78, 5) is 16.8. The Hall–Kier alpha value is -1.87. The number of hydrogen-bond donors (Lipinski definition) is 1. The highest BCUT2D eigenvalue weighted by Crippen LogP contribution is 2.22. The van der Waals surface area contributed by atoms with Crippen LogP contribution < -0.4 is 5.32 Å². The van der Waals surface area contributed by atoms with Crippen LogP contribution in [-0.4, -0.2) is 10.9 Å². The van der Waals surface area contributed by atoms with Gasteiger partial charge in [-0.2, -0.15) is 0 Å². The average molecular weight is 303 g/mol. The molecular weight excluding hydrogens is 284 g/mol. The van der Waals surface area contributed by atoms with Gasteiger partial charge in [-0.3, -0.25) is 9.78 Å². The van der Waals surface area contributed by atoms with E-state index in [1.807, 2.05) is 45.0 Å². The monoisotopic (exact) mass is 302 g/mol. The van der Waals surface area contributed by atoms with Crippen molar-refractivity contribution in [2.45, 2.75) is 33.2 Å². The van der Waals surface area contributed by atoms with E-state index in [1.165, 1.54) is 0 Å². The van der Waals surface area contributed by atoms with Gasteiger partial charge in [-0.25, -0.2) is 0 Å². The normalized spacial score (nSPS) is 12.0. The first-order chi connectivity index (χ1) is 10.0. The molecule has 3 nitrogen and oxygen atoms in total. The minimum atomic E-state index is -0.159. The van der Waals surface area contributed by atoms with Crippen LogP contribution in [0.5, 0.6) is 0 Å². The molecule has 0 spiro atoms. The van der Waals surface area contributed by atoms with Crippen molar-refractivity contribution in [1.29, 1.82) is 0 Å². The van der Waals surface area contributed by atoms with Crippen LogP contribution in [0.2, 0.25) is 5.02 Å². The molecule has 0 saturated heterocycles. The van der Waals surface area contributed by atoms with E-state index < -0.39 is 0 Å². The Balaban J connectivity index is 2.25. The minimum absolute atomic E-state index is 0.118. The van der Waals surface area contributed by atoms with E-state index in [0.717, 1.165) is 23.2 Å². The molecule has 21 heavy (non-hydrogen) atoms. The molecular formula is C17H19ClN2O. The number of amides is 1. The molecule has 0 unspecified atom stereocenters. The van der Waals surface area contributed by atoms with Gasteiger partial charge < -0.3 is 5.32 Å². The number of rotatable bonds is 4. The Labute approximate surface area is 130 Å². The number of nitrogens with zero attached hydrogens (tertiary/aromatic N) is 1. The molecule has 0 aliphatic rings. The molecule has 0 fully saturated rings. The van der Waals surface area contributed by atoms with Crippen molar-refractivity contribution in [2.75, 3.05) is 0 Å². The van der Waals surface area contributed by atoms with Crippen LogP contribution in [0.1, 0.15) is 46.6 Å². The van der Waals surface area contributed by atoms with Crippen molar-refractivity contribution >= 4 is 17.5 Å². The smallest absolute Gasteiger partial charge is 0.253 e. The van der Waals surface area contributed by atoms with Gasteiger partial charge in [0, 0.05) is 6.20 Å². The molecule has 2 rings (SSSR count). The van der Waals surface area contributed by atoms with Gasteiger partial charge in [0.25, 0.3) is 5.91 Å². The van der Waals surface area contributed by atoms with Crippen molar-refractivity contribution in [3.8, 4) is 0 Å². The molecule has 1 N–H and O–H groups in total. The van der Waals surface area contributed by atoms with Crippen LogP contribution >= 0.6 is 11.6 Å². The molecule has 110 valence electrons. The van der Waals surface area contributed by atoms with Crippen molar-refractivity contribution in [3.05, 3.63) is 63.9 Å². The molecule has 2 aromatic rings. The minimum Gasteiger partial charge on any atom is -0.344 e. The van der Waals surface area contributed by atoms with Gasteiger partial charge in [-0.15, -0.1) is 0 Å². The number of hydrogen-bond acceptors (Lipinski definition) is 2. The predicted molar refractivity (Wildman–Crippen MR) is 85.7 cm³/mol.